The number of hydrogen-bond acceptors (Lipinski definition) is 3. The lowest BCUT2D eigenvalue weighted by atomic mass is 10.3. The molecule has 0 atom stereocenters. The van der Waals surface area contributed by atoms with Gasteiger partial charge in [-0.25, -0.2) is 0 Å². The van der Waals surface area contributed by atoms with Crippen molar-refractivity contribution in [2.24, 2.45) is 0 Å². The summed E-state index contributed by atoms with van der Waals surface area (Å²) in [6.07, 6.45) is 0. The number of anilines is 1. The molecule has 2 nitrogen and oxygen atoms in total. The Labute approximate surface area is 144 Å². The zero-order valence-electron chi connectivity index (χ0n) is 11.3. The second-order valence-corrected chi connectivity index (χ2v) is 7.05. The fourth-order valence-electron chi connectivity index (χ4n) is 1.66. The van der Waals surface area contributed by atoms with E-state index in [1.807, 2.05) is 24.3 Å². The van der Waals surface area contributed by atoms with E-state index < -0.39 is 5.76 Å². The average Bonchev–Trinajstić information content (AvgIpc) is 2.48. The number of nitrogens with one attached hydrogen (secondary N) is 1. The number of alkyl halides is 2. The number of para-hydroxylation sites is 1. The first-order valence-electron chi connectivity index (χ1n) is 6.27. The molecule has 0 bridgehead atoms. The molecule has 0 aliphatic heterocycles. The summed E-state index contributed by atoms with van der Waals surface area (Å²) < 4.78 is 25.9. The van der Waals surface area contributed by atoms with Gasteiger partial charge in [0.05, 0.1) is 11.4 Å². The molecule has 0 unspecified atom stereocenters. The highest BCUT2D eigenvalue weighted by Gasteiger charge is 2.12. The van der Waals surface area contributed by atoms with Crippen molar-refractivity contribution in [3.8, 4) is 0 Å². The molecule has 0 saturated heterocycles. The predicted octanol–water partition coefficient (Wildman–Crippen LogP) is 5.49. The van der Waals surface area contributed by atoms with E-state index in [9.17, 15) is 13.6 Å². The highest BCUT2D eigenvalue weighted by Crippen LogP contribution is 2.32. The van der Waals surface area contributed by atoms with Gasteiger partial charge in [-0.3, -0.25) is 4.79 Å². The summed E-state index contributed by atoms with van der Waals surface area (Å²) in [6.45, 7) is 0. The normalized spacial score (nSPS) is 10.7. The van der Waals surface area contributed by atoms with Crippen LogP contribution in [0.5, 0.6) is 0 Å². The third-order valence-electron chi connectivity index (χ3n) is 2.57. The molecule has 1 amide bonds. The van der Waals surface area contributed by atoms with Crippen molar-refractivity contribution in [1.29, 1.82) is 0 Å². The van der Waals surface area contributed by atoms with E-state index in [0.717, 1.165) is 9.37 Å². The number of hydrogen-bond donors (Lipinski definition) is 1. The molecule has 7 heteroatoms. The van der Waals surface area contributed by atoms with Gasteiger partial charge in [0, 0.05) is 14.3 Å². The molecule has 0 aliphatic carbocycles. The monoisotopic (exact) mass is 403 g/mol. The summed E-state index contributed by atoms with van der Waals surface area (Å²) >= 11 is 5.21. The van der Waals surface area contributed by atoms with E-state index in [1.54, 1.807) is 24.3 Å². The Balaban J connectivity index is 1.96. The van der Waals surface area contributed by atoms with Gasteiger partial charge in [-0.1, -0.05) is 36.0 Å². The summed E-state index contributed by atoms with van der Waals surface area (Å²) in [4.78, 5) is 13.3. The topological polar surface area (TPSA) is 29.1 Å². The Bertz CT molecular complexity index is 655. The van der Waals surface area contributed by atoms with E-state index in [1.165, 1.54) is 11.8 Å². The van der Waals surface area contributed by atoms with Crippen LogP contribution in [0.1, 0.15) is 0 Å². The quantitative estimate of drug-likeness (QED) is 0.646. The molecule has 2 aromatic rings. The van der Waals surface area contributed by atoms with Crippen molar-refractivity contribution in [2.45, 2.75) is 15.5 Å². The molecule has 2 rings (SSSR count). The smallest absolute Gasteiger partial charge is 0.288 e. The molecule has 0 fully saturated rings. The Hall–Kier alpha value is -1.05. The Morgan fingerprint density at radius 2 is 1.73 bits per heavy atom. The largest absolute Gasteiger partial charge is 0.324 e. The Morgan fingerprint density at radius 3 is 2.41 bits per heavy atom. The minimum Gasteiger partial charge on any atom is -0.324 e. The molecule has 0 aliphatic rings. The molecular weight excluding hydrogens is 392 g/mol. The van der Waals surface area contributed by atoms with Crippen LogP contribution in [0.3, 0.4) is 0 Å². The first-order chi connectivity index (χ1) is 10.6. The maximum Gasteiger partial charge on any atom is 0.288 e. The van der Waals surface area contributed by atoms with Crippen LogP contribution in [0, 0.1) is 0 Å². The molecule has 1 N–H and O–H groups in total. The van der Waals surface area contributed by atoms with Crippen molar-refractivity contribution in [1.82, 2.24) is 0 Å². The van der Waals surface area contributed by atoms with Crippen LogP contribution in [0.25, 0.3) is 0 Å². The SMILES string of the molecule is O=C(CSc1ccccc1Br)Nc1ccccc1SC(F)F. The zero-order valence-corrected chi connectivity index (χ0v) is 14.5. The van der Waals surface area contributed by atoms with Crippen LogP contribution in [0.4, 0.5) is 14.5 Å². The number of carbonyl (C=O) groups is 1. The van der Waals surface area contributed by atoms with Gasteiger partial charge in [0.1, 0.15) is 0 Å². The van der Waals surface area contributed by atoms with Gasteiger partial charge in [0.2, 0.25) is 5.91 Å². The number of amides is 1. The summed E-state index contributed by atoms with van der Waals surface area (Å²) in [5.41, 5.74) is 0.408. The average molecular weight is 404 g/mol. The third-order valence-corrected chi connectivity index (χ3v) is 5.39. The second-order valence-electron chi connectivity index (χ2n) is 4.14. The van der Waals surface area contributed by atoms with Crippen LogP contribution in [0.15, 0.2) is 62.8 Å². The third kappa shape index (κ3) is 5.30. The highest BCUT2D eigenvalue weighted by molar-refractivity contribution is 9.10. The van der Waals surface area contributed by atoms with Crippen molar-refractivity contribution >= 4 is 51.0 Å². The minimum atomic E-state index is -2.52. The molecule has 0 saturated carbocycles. The van der Waals surface area contributed by atoms with Gasteiger partial charge < -0.3 is 5.32 Å². The maximum atomic E-state index is 12.5. The van der Waals surface area contributed by atoms with E-state index >= 15 is 0 Å². The molecule has 0 heterocycles. The second kappa shape index (κ2) is 8.55. The van der Waals surface area contributed by atoms with Crippen molar-refractivity contribution in [3.63, 3.8) is 0 Å². The number of halogens is 3. The highest BCUT2D eigenvalue weighted by atomic mass is 79.9. The van der Waals surface area contributed by atoms with Gasteiger partial charge in [-0.2, -0.15) is 8.78 Å². The standard InChI is InChI=1S/C15H12BrF2NOS2/c16-10-5-1-3-7-12(10)21-9-14(20)19-11-6-2-4-8-13(11)22-15(17)18/h1-8,15H,9H2,(H,19,20). The van der Waals surface area contributed by atoms with Crippen LogP contribution in [-0.2, 0) is 4.79 Å². The lowest BCUT2D eigenvalue weighted by Crippen LogP contribution is -2.14. The first kappa shape index (κ1) is 17.3. The fourth-order valence-corrected chi connectivity index (χ4v) is 3.62. The molecule has 0 radical (unpaired) electrons. The zero-order chi connectivity index (χ0) is 15.9. The molecule has 2 aromatic carbocycles. The van der Waals surface area contributed by atoms with Crippen LogP contribution in [0.2, 0.25) is 0 Å². The van der Waals surface area contributed by atoms with Crippen LogP contribution < -0.4 is 5.32 Å². The maximum absolute atomic E-state index is 12.5. The van der Waals surface area contributed by atoms with Crippen LogP contribution >= 0.6 is 39.5 Å². The molecular formula is C15H12BrF2NOS2. The van der Waals surface area contributed by atoms with E-state index in [0.29, 0.717) is 22.3 Å². The van der Waals surface area contributed by atoms with Crippen LogP contribution in [-0.4, -0.2) is 17.4 Å². The van der Waals surface area contributed by atoms with E-state index in [2.05, 4.69) is 21.2 Å². The molecule has 22 heavy (non-hydrogen) atoms. The lowest BCUT2D eigenvalue weighted by Gasteiger charge is -2.10. The number of carbonyl (C=O) groups excluding carboxylic acids is 1. The first-order valence-corrected chi connectivity index (χ1v) is 8.93. The van der Waals surface area contributed by atoms with Gasteiger partial charge in [-0.05, 0) is 40.2 Å². The van der Waals surface area contributed by atoms with Crippen molar-refractivity contribution < 1.29 is 13.6 Å². The van der Waals surface area contributed by atoms with E-state index in [-0.39, 0.29) is 11.7 Å². The summed E-state index contributed by atoms with van der Waals surface area (Å²) in [5.74, 6) is -2.55. The Kier molecular flexibility index (Phi) is 6.72. The van der Waals surface area contributed by atoms with Gasteiger partial charge >= 0.3 is 0 Å². The fraction of sp³-hybridized carbons (Fsp3) is 0.133. The Morgan fingerprint density at radius 1 is 1.09 bits per heavy atom. The molecule has 0 aromatic heterocycles. The van der Waals surface area contributed by atoms with Gasteiger partial charge in [0.15, 0.2) is 0 Å². The summed E-state index contributed by atoms with van der Waals surface area (Å²) in [5, 5.41) is 2.68. The summed E-state index contributed by atoms with van der Waals surface area (Å²) in [7, 11) is 0. The molecule has 0 spiro atoms. The van der Waals surface area contributed by atoms with Gasteiger partial charge in [-0.15, -0.1) is 11.8 Å². The minimum absolute atomic E-state index is 0.205. The lowest BCUT2D eigenvalue weighted by molar-refractivity contribution is -0.113. The number of rotatable bonds is 6. The number of thioether (sulfide) groups is 2. The van der Waals surface area contributed by atoms with Crippen molar-refractivity contribution in [2.75, 3.05) is 11.1 Å². The van der Waals surface area contributed by atoms with Gasteiger partial charge in [0.25, 0.3) is 5.76 Å². The van der Waals surface area contributed by atoms with Crippen molar-refractivity contribution in [3.05, 3.63) is 53.0 Å². The predicted molar refractivity (Wildman–Crippen MR) is 91.8 cm³/mol. The summed E-state index contributed by atoms with van der Waals surface area (Å²) in [6, 6.07) is 14.1. The van der Waals surface area contributed by atoms with E-state index in [4.69, 9.17) is 0 Å². The number of benzene rings is 2. The molecule has 116 valence electrons.